The van der Waals surface area contributed by atoms with E-state index in [2.05, 4.69) is 10.1 Å². The number of rotatable bonds is 7. The van der Waals surface area contributed by atoms with Crippen LogP contribution in [-0.4, -0.2) is 26.1 Å². The van der Waals surface area contributed by atoms with Crippen LogP contribution in [0.25, 0.3) is 0 Å². The van der Waals surface area contributed by atoms with Crippen molar-refractivity contribution >= 4 is 40.9 Å². The van der Waals surface area contributed by atoms with Gasteiger partial charge in [-0.25, -0.2) is 4.79 Å². The highest BCUT2D eigenvalue weighted by Crippen LogP contribution is 2.29. The summed E-state index contributed by atoms with van der Waals surface area (Å²) in [6.07, 6.45) is 0. The monoisotopic (exact) mass is 441 g/mol. The Bertz CT molecular complexity index is 1040. The van der Waals surface area contributed by atoms with Crippen molar-refractivity contribution in [2.24, 2.45) is 0 Å². The fourth-order valence-corrected chi connectivity index (χ4v) is 3.74. The zero-order valence-corrected chi connectivity index (χ0v) is 18.0. The molecule has 3 aromatic rings. The van der Waals surface area contributed by atoms with Crippen LogP contribution in [0.3, 0.4) is 0 Å². The first kappa shape index (κ1) is 21.7. The van der Waals surface area contributed by atoms with Crippen LogP contribution in [0.15, 0.2) is 71.6 Å². The molecule has 5 nitrogen and oxygen atoms in total. The average Bonchev–Trinajstić information content (AvgIpc) is 2.78. The highest BCUT2D eigenvalue weighted by molar-refractivity contribution is 7.98. The van der Waals surface area contributed by atoms with Gasteiger partial charge in [0.2, 0.25) is 0 Å². The highest BCUT2D eigenvalue weighted by Gasteiger charge is 2.12. The molecule has 7 heteroatoms. The maximum atomic E-state index is 12.7. The first-order valence-corrected chi connectivity index (χ1v) is 10.4. The third-order valence-electron chi connectivity index (χ3n) is 4.31. The number of ether oxygens (including phenoxy) is 2. The minimum Gasteiger partial charge on any atom is -0.496 e. The zero-order chi connectivity index (χ0) is 21.5. The Morgan fingerprint density at radius 2 is 1.60 bits per heavy atom. The third kappa shape index (κ3) is 5.55. The zero-order valence-electron chi connectivity index (χ0n) is 16.5. The summed E-state index contributed by atoms with van der Waals surface area (Å²) in [5.41, 5.74) is 2.42. The fraction of sp³-hybridized carbons (Fsp3) is 0.130. The van der Waals surface area contributed by atoms with Crippen molar-refractivity contribution in [1.29, 1.82) is 0 Å². The van der Waals surface area contributed by atoms with Crippen molar-refractivity contribution in [2.45, 2.75) is 10.6 Å². The molecular weight excluding hydrogens is 422 g/mol. The van der Waals surface area contributed by atoms with Crippen molar-refractivity contribution in [3.8, 4) is 5.75 Å². The lowest BCUT2D eigenvalue weighted by Crippen LogP contribution is -2.12. The molecule has 0 heterocycles. The number of nitrogens with one attached hydrogen (secondary N) is 1. The van der Waals surface area contributed by atoms with E-state index in [0.717, 1.165) is 16.2 Å². The van der Waals surface area contributed by atoms with Crippen molar-refractivity contribution < 1.29 is 19.1 Å². The maximum Gasteiger partial charge on any atom is 0.337 e. The summed E-state index contributed by atoms with van der Waals surface area (Å²) in [4.78, 5) is 25.3. The SMILES string of the molecule is COC(=O)c1ccc(NC(=O)c2ccc(OC)c(CSc3ccc(Cl)cc3)c2)cc1. The topological polar surface area (TPSA) is 64.6 Å². The molecule has 0 saturated carbocycles. The number of esters is 1. The molecule has 154 valence electrons. The Morgan fingerprint density at radius 1 is 0.933 bits per heavy atom. The van der Waals surface area contributed by atoms with Crippen LogP contribution in [0.5, 0.6) is 5.75 Å². The van der Waals surface area contributed by atoms with Gasteiger partial charge in [-0.1, -0.05) is 11.6 Å². The molecule has 0 aromatic heterocycles. The summed E-state index contributed by atoms with van der Waals surface area (Å²) in [6.45, 7) is 0. The molecule has 1 amide bonds. The minimum absolute atomic E-state index is 0.249. The van der Waals surface area contributed by atoms with Gasteiger partial charge in [0.25, 0.3) is 5.91 Å². The van der Waals surface area contributed by atoms with E-state index in [1.54, 1.807) is 55.3 Å². The lowest BCUT2D eigenvalue weighted by molar-refractivity contribution is 0.0600. The van der Waals surface area contributed by atoms with E-state index < -0.39 is 5.97 Å². The maximum absolute atomic E-state index is 12.7. The van der Waals surface area contributed by atoms with E-state index in [1.165, 1.54) is 7.11 Å². The van der Waals surface area contributed by atoms with Gasteiger partial charge in [-0.15, -0.1) is 11.8 Å². The van der Waals surface area contributed by atoms with E-state index in [-0.39, 0.29) is 5.91 Å². The Balaban J connectivity index is 1.72. The van der Waals surface area contributed by atoms with Crippen LogP contribution in [-0.2, 0) is 10.5 Å². The van der Waals surface area contributed by atoms with Crippen molar-refractivity contribution in [3.63, 3.8) is 0 Å². The lowest BCUT2D eigenvalue weighted by atomic mass is 10.1. The van der Waals surface area contributed by atoms with Gasteiger partial charge in [0.15, 0.2) is 0 Å². The Hall–Kier alpha value is -2.96. The molecule has 0 aliphatic heterocycles. The number of anilines is 1. The van der Waals surface area contributed by atoms with Gasteiger partial charge in [-0.2, -0.15) is 0 Å². The molecule has 3 aromatic carbocycles. The molecule has 0 radical (unpaired) electrons. The molecule has 0 saturated heterocycles. The summed E-state index contributed by atoms with van der Waals surface area (Å²) >= 11 is 7.56. The highest BCUT2D eigenvalue weighted by atomic mass is 35.5. The molecule has 0 aliphatic carbocycles. The summed E-state index contributed by atoms with van der Waals surface area (Å²) < 4.78 is 10.1. The summed E-state index contributed by atoms with van der Waals surface area (Å²) in [5, 5.41) is 3.52. The normalized spacial score (nSPS) is 10.4. The van der Waals surface area contributed by atoms with Gasteiger partial charge in [0.05, 0.1) is 19.8 Å². The van der Waals surface area contributed by atoms with Gasteiger partial charge in [-0.05, 0) is 66.7 Å². The van der Waals surface area contributed by atoms with Gasteiger partial charge in [-0.3, -0.25) is 4.79 Å². The molecule has 0 bridgehead atoms. The first-order valence-electron chi connectivity index (χ1n) is 9.05. The largest absolute Gasteiger partial charge is 0.496 e. The van der Waals surface area contributed by atoms with Crippen LogP contribution in [0, 0.1) is 0 Å². The van der Waals surface area contributed by atoms with E-state index in [9.17, 15) is 9.59 Å². The number of methoxy groups -OCH3 is 2. The summed E-state index contributed by atoms with van der Waals surface area (Å²) in [6, 6.07) is 19.4. The number of carbonyl (C=O) groups excluding carboxylic acids is 2. The smallest absolute Gasteiger partial charge is 0.337 e. The second kappa shape index (κ2) is 10.2. The Labute approximate surface area is 184 Å². The Kier molecular flexibility index (Phi) is 7.38. The molecule has 1 N–H and O–H groups in total. The van der Waals surface area contributed by atoms with Gasteiger partial charge >= 0.3 is 5.97 Å². The number of halogens is 1. The molecule has 0 fully saturated rings. The quantitative estimate of drug-likeness (QED) is 0.377. The number of amides is 1. The van der Waals surface area contributed by atoms with Crippen LogP contribution >= 0.6 is 23.4 Å². The molecule has 3 rings (SSSR count). The predicted molar refractivity (Wildman–Crippen MR) is 120 cm³/mol. The van der Waals surface area contributed by atoms with Crippen LogP contribution in [0.2, 0.25) is 5.02 Å². The average molecular weight is 442 g/mol. The van der Waals surface area contributed by atoms with Crippen molar-refractivity contribution in [2.75, 3.05) is 19.5 Å². The number of hydrogen-bond donors (Lipinski definition) is 1. The predicted octanol–water partition coefficient (Wildman–Crippen LogP) is 5.68. The van der Waals surface area contributed by atoms with Crippen molar-refractivity contribution in [1.82, 2.24) is 0 Å². The molecule has 30 heavy (non-hydrogen) atoms. The van der Waals surface area contributed by atoms with Crippen molar-refractivity contribution in [3.05, 3.63) is 88.4 Å². The van der Waals surface area contributed by atoms with Gasteiger partial charge in [0.1, 0.15) is 5.75 Å². The van der Waals surface area contributed by atoms with E-state index >= 15 is 0 Å². The standard InChI is InChI=1S/C23H20ClNO4S/c1-28-21-12-5-16(13-17(21)14-30-20-10-6-18(24)7-11-20)22(26)25-19-8-3-15(4-9-19)23(27)29-2/h3-13H,14H2,1-2H3,(H,25,26). The summed E-state index contributed by atoms with van der Waals surface area (Å²) in [7, 11) is 2.93. The number of hydrogen-bond acceptors (Lipinski definition) is 5. The van der Waals surface area contributed by atoms with E-state index in [0.29, 0.717) is 27.6 Å². The van der Waals surface area contributed by atoms with E-state index in [1.807, 2.05) is 30.3 Å². The van der Waals surface area contributed by atoms with Crippen LogP contribution in [0.4, 0.5) is 5.69 Å². The van der Waals surface area contributed by atoms with Crippen LogP contribution < -0.4 is 10.1 Å². The van der Waals surface area contributed by atoms with Gasteiger partial charge in [0, 0.05) is 32.5 Å². The Morgan fingerprint density at radius 3 is 2.23 bits per heavy atom. The lowest BCUT2D eigenvalue weighted by Gasteiger charge is -2.11. The molecular formula is C23H20ClNO4S. The fourth-order valence-electron chi connectivity index (χ4n) is 2.74. The molecule has 0 atom stereocenters. The van der Waals surface area contributed by atoms with Crippen LogP contribution in [0.1, 0.15) is 26.3 Å². The number of benzene rings is 3. The second-order valence-electron chi connectivity index (χ2n) is 6.29. The summed E-state index contributed by atoms with van der Waals surface area (Å²) in [5.74, 6) is 0.683. The number of carbonyl (C=O) groups is 2. The third-order valence-corrected chi connectivity index (χ3v) is 5.63. The molecule has 0 unspecified atom stereocenters. The number of thioether (sulfide) groups is 1. The minimum atomic E-state index is -0.425. The second-order valence-corrected chi connectivity index (χ2v) is 7.78. The molecule has 0 aliphatic rings. The van der Waals surface area contributed by atoms with Gasteiger partial charge < -0.3 is 14.8 Å². The van der Waals surface area contributed by atoms with E-state index in [4.69, 9.17) is 16.3 Å². The molecule has 0 spiro atoms. The first-order chi connectivity index (χ1) is 14.5.